The van der Waals surface area contributed by atoms with Gasteiger partial charge in [0.05, 0.1) is 35.9 Å². The van der Waals surface area contributed by atoms with Gasteiger partial charge in [0.15, 0.2) is 5.82 Å². The lowest BCUT2D eigenvalue weighted by molar-refractivity contribution is -0.118. The first kappa shape index (κ1) is 35.3. The number of anilines is 1. The van der Waals surface area contributed by atoms with Gasteiger partial charge in [-0.3, -0.25) is 9.48 Å². The molecule has 1 fully saturated rings. The summed E-state index contributed by atoms with van der Waals surface area (Å²) in [4.78, 5) is 14.1. The van der Waals surface area contributed by atoms with Gasteiger partial charge in [0.2, 0.25) is 5.91 Å². The normalized spacial score (nSPS) is 21.6. The van der Waals surface area contributed by atoms with Crippen molar-refractivity contribution in [3.05, 3.63) is 93.2 Å². The van der Waals surface area contributed by atoms with E-state index in [0.717, 1.165) is 6.07 Å². The highest BCUT2D eigenvalue weighted by molar-refractivity contribution is 6.31. The molecule has 1 aliphatic rings. The maximum Gasteiger partial charge on any atom is 0.248 e. The van der Waals surface area contributed by atoms with Gasteiger partial charge in [-0.2, -0.15) is 10.4 Å². The molecular formula is C33H38Cl2F2N6O3. The van der Waals surface area contributed by atoms with E-state index in [1.807, 2.05) is 34.6 Å². The van der Waals surface area contributed by atoms with Gasteiger partial charge in [-0.1, -0.05) is 68.2 Å². The number of nitrogens with one attached hydrogen (secondary N) is 2. The van der Waals surface area contributed by atoms with E-state index in [-0.39, 0.29) is 52.4 Å². The van der Waals surface area contributed by atoms with Crippen LogP contribution in [0.25, 0.3) is 0 Å². The largest absolute Gasteiger partial charge is 0.389 e. The number of aromatic nitrogens is 2. The molecule has 1 aromatic heterocycles. The van der Waals surface area contributed by atoms with Gasteiger partial charge < -0.3 is 26.2 Å². The van der Waals surface area contributed by atoms with Gasteiger partial charge in [-0.05, 0) is 43.0 Å². The van der Waals surface area contributed by atoms with E-state index < -0.39 is 52.0 Å². The predicted octanol–water partition coefficient (Wildman–Crippen LogP) is 5.67. The highest BCUT2D eigenvalue weighted by Gasteiger charge is 2.59. The number of nitrogens with two attached hydrogens (primary N) is 1. The van der Waals surface area contributed by atoms with Gasteiger partial charge in [0.1, 0.15) is 23.1 Å². The fourth-order valence-electron chi connectivity index (χ4n) is 5.62. The Balaban J connectivity index is 1.78. The summed E-state index contributed by atoms with van der Waals surface area (Å²) in [6.45, 7) is 9.70. The van der Waals surface area contributed by atoms with Gasteiger partial charge in [0.25, 0.3) is 0 Å². The van der Waals surface area contributed by atoms with Crippen molar-refractivity contribution < 1.29 is 23.4 Å². The fourth-order valence-corrected chi connectivity index (χ4v) is 5.96. The Labute approximate surface area is 277 Å². The number of aliphatic hydroxyl groups excluding tert-OH is 1. The molecule has 0 aliphatic carbocycles. The van der Waals surface area contributed by atoms with Crippen molar-refractivity contribution in [1.29, 1.82) is 5.26 Å². The van der Waals surface area contributed by atoms with Crippen LogP contribution < -0.4 is 16.4 Å². The second kappa shape index (κ2) is 13.7. The second-order valence-corrected chi connectivity index (χ2v) is 13.9. The van der Waals surface area contributed by atoms with E-state index in [0.29, 0.717) is 0 Å². The van der Waals surface area contributed by atoms with Crippen LogP contribution in [0.5, 0.6) is 0 Å². The van der Waals surface area contributed by atoms with Crippen molar-refractivity contribution >= 4 is 34.9 Å². The topological polar surface area (TPSA) is 138 Å². The van der Waals surface area contributed by atoms with Crippen LogP contribution in [0.3, 0.4) is 0 Å². The monoisotopic (exact) mass is 674 g/mol. The summed E-state index contributed by atoms with van der Waals surface area (Å²) in [5, 5.41) is 31.0. The summed E-state index contributed by atoms with van der Waals surface area (Å²) >= 11 is 12.3. The molecule has 1 aliphatic heterocycles. The second-order valence-electron chi connectivity index (χ2n) is 13.1. The van der Waals surface area contributed by atoms with Crippen LogP contribution in [-0.4, -0.2) is 51.7 Å². The van der Waals surface area contributed by atoms with E-state index in [1.165, 1.54) is 30.3 Å². The summed E-state index contributed by atoms with van der Waals surface area (Å²) in [6.07, 6.45) is 2.58. The molecule has 1 amide bonds. The van der Waals surface area contributed by atoms with Crippen LogP contribution in [0.4, 0.5) is 14.6 Å². The number of hydrogen-bond donors (Lipinski definition) is 4. The number of ether oxygens (including phenoxy) is 1. The summed E-state index contributed by atoms with van der Waals surface area (Å²) in [6, 6.07) is 10.8. The lowest BCUT2D eigenvalue weighted by Crippen LogP contribution is -2.41. The zero-order valence-corrected chi connectivity index (χ0v) is 27.8. The van der Waals surface area contributed by atoms with Crippen molar-refractivity contribution in [2.75, 3.05) is 18.5 Å². The van der Waals surface area contributed by atoms with Crippen LogP contribution in [0.2, 0.25) is 10.0 Å². The highest BCUT2D eigenvalue weighted by atomic mass is 35.5. The highest BCUT2D eigenvalue weighted by Crippen LogP contribution is 2.53. The first-order valence-electron chi connectivity index (χ1n) is 14.7. The third-order valence-corrected chi connectivity index (χ3v) is 8.14. The molecule has 3 aromatic rings. The number of halogens is 4. The SMILES string of the molecule is CC(C)(C)/C=C1/N[C@@H](C(=O)Nc2ccn(CC(C)(C)OC[C@H](O)CN)n2)[C@H](c2cccc(Cl)c2F)[C@@]1(C#N)c1ccc(Cl)cc1F. The first-order chi connectivity index (χ1) is 21.5. The number of benzene rings is 2. The molecule has 0 spiro atoms. The molecule has 0 saturated carbocycles. The molecular weight excluding hydrogens is 637 g/mol. The van der Waals surface area contributed by atoms with E-state index in [9.17, 15) is 15.2 Å². The van der Waals surface area contributed by atoms with Crippen molar-refractivity contribution in [3.63, 3.8) is 0 Å². The van der Waals surface area contributed by atoms with E-state index in [1.54, 1.807) is 23.0 Å². The van der Waals surface area contributed by atoms with Gasteiger partial charge in [-0.25, -0.2) is 8.78 Å². The number of carbonyl (C=O) groups is 1. The van der Waals surface area contributed by atoms with Crippen LogP contribution in [0.1, 0.15) is 51.7 Å². The van der Waals surface area contributed by atoms with Gasteiger partial charge >= 0.3 is 0 Å². The molecule has 4 atom stereocenters. The Hall–Kier alpha value is -3.53. The summed E-state index contributed by atoms with van der Waals surface area (Å²) in [5.41, 5.74) is 2.43. The summed E-state index contributed by atoms with van der Waals surface area (Å²) in [7, 11) is 0. The minimum Gasteiger partial charge on any atom is -0.389 e. The zero-order valence-electron chi connectivity index (χ0n) is 26.2. The van der Waals surface area contributed by atoms with Gasteiger partial charge in [-0.15, -0.1) is 0 Å². The number of aliphatic hydroxyl groups is 1. The van der Waals surface area contributed by atoms with Crippen LogP contribution in [0.15, 0.2) is 60.4 Å². The lowest BCUT2D eigenvalue weighted by atomic mass is 9.66. The Morgan fingerprint density at radius 1 is 1.26 bits per heavy atom. The number of hydrogen-bond acceptors (Lipinski definition) is 7. The molecule has 0 unspecified atom stereocenters. The maximum absolute atomic E-state index is 15.9. The molecule has 13 heteroatoms. The summed E-state index contributed by atoms with van der Waals surface area (Å²) in [5.74, 6) is -3.34. The van der Waals surface area contributed by atoms with Crippen molar-refractivity contribution in [2.45, 2.75) is 70.2 Å². The molecule has 1 saturated heterocycles. The Kier molecular flexibility index (Phi) is 10.5. The fraction of sp³-hybridized carbons (Fsp3) is 0.424. The van der Waals surface area contributed by atoms with E-state index >= 15 is 8.78 Å². The van der Waals surface area contributed by atoms with Crippen molar-refractivity contribution in [3.8, 4) is 6.07 Å². The number of allylic oxidation sites excluding steroid dienone is 2. The summed E-state index contributed by atoms with van der Waals surface area (Å²) < 4.78 is 39.0. The number of nitriles is 1. The average Bonchev–Trinajstić information content (AvgIpc) is 3.53. The molecule has 5 N–H and O–H groups in total. The third-order valence-electron chi connectivity index (χ3n) is 7.62. The third kappa shape index (κ3) is 7.54. The standard InChI is InChI=1S/C33H38Cl2F2N6O3/c1-31(2,3)14-25-33(17-39,22-10-9-19(34)13-24(22)36)27(21-7-6-8-23(35)28(21)37)29(40-25)30(45)41-26-11-12-43(42-26)18-32(4,5)46-16-20(44)15-38/h6-14,20,27,29,40,44H,15-16,18,38H2,1-5H3,(H,41,42,45)/b25-14+/t20-,27+,29-,33+/m1/s1. The number of rotatable bonds is 10. The average molecular weight is 676 g/mol. The number of carbonyl (C=O) groups excluding carboxylic acids is 1. The number of amides is 1. The quantitative estimate of drug-likeness (QED) is 0.217. The van der Waals surface area contributed by atoms with Crippen molar-refractivity contribution in [1.82, 2.24) is 15.1 Å². The molecule has 0 radical (unpaired) electrons. The molecule has 2 aromatic carbocycles. The molecule has 2 heterocycles. The predicted molar refractivity (Wildman–Crippen MR) is 173 cm³/mol. The van der Waals surface area contributed by atoms with Crippen molar-refractivity contribution in [2.24, 2.45) is 11.1 Å². The first-order valence-corrected chi connectivity index (χ1v) is 15.4. The van der Waals surface area contributed by atoms with E-state index in [4.69, 9.17) is 33.7 Å². The van der Waals surface area contributed by atoms with Crippen LogP contribution in [-0.2, 0) is 21.5 Å². The van der Waals surface area contributed by atoms with Gasteiger partial charge in [0, 0.05) is 41.0 Å². The van der Waals surface area contributed by atoms with E-state index in [2.05, 4.69) is 21.8 Å². The molecule has 46 heavy (non-hydrogen) atoms. The molecule has 4 rings (SSSR count). The maximum atomic E-state index is 15.9. The Bertz CT molecular complexity index is 1670. The van der Waals surface area contributed by atoms with Crippen LogP contribution >= 0.6 is 23.2 Å². The van der Waals surface area contributed by atoms with Crippen LogP contribution in [0, 0.1) is 28.4 Å². The Morgan fingerprint density at radius 2 is 1.98 bits per heavy atom. The zero-order chi connectivity index (χ0) is 34.0. The molecule has 0 bridgehead atoms. The molecule has 246 valence electrons. The minimum absolute atomic E-state index is 0.0440. The Morgan fingerprint density at radius 3 is 2.61 bits per heavy atom. The smallest absolute Gasteiger partial charge is 0.248 e. The number of nitrogens with zero attached hydrogens (tertiary/aromatic N) is 3. The molecule has 9 nitrogen and oxygen atoms in total. The minimum atomic E-state index is -1.88. The lowest BCUT2D eigenvalue weighted by Gasteiger charge is -2.32.